The molecule has 0 saturated heterocycles. The lowest BCUT2D eigenvalue weighted by atomic mass is 10.1. The van der Waals surface area contributed by atoms with Crippen LogP contribution in [-0.2, 0) is 19.9 Å². The summed E-state index contributed by atoms with van der Waals surface area (Å²) < 4.78 is 1.76. The van der Waals surface area contributed by atoms with E-state index in [1.165, 1.54) is 5.56 Å². The van der Waals surface area contributed by atoms with Crippen molar-refractivity contribution in [1.29, 1.82) is 0 Å². The number of hydrogen-bond donors (Lipinski definition) is 2. The second kappa shape index (κ2) is 4.20. The third-order valence-corrected chi connectivity index (χ3v) is 3.04. The topological polar surface area (TPSA) is 67.3 Å². The van der Waals surface area contributed by atoms with Crippen LogP contribution in [0.5, 0.6) is 0 Å². The molecule has 0 saturated carbocycles. The van der Waals surface area contributed by atoms with E-state index in [4.69, 9.17) is 10.8 Å². The molecule has 5 nitrogen and oxygen atoms in total. The van der Waals surface area contributed by atoms with Crippen molar-refractivity contribution in [3.8, 4) is 0 Å². The molecule has 0 bridgehead atoms. The number of nitrogens with zero attached hydrogens (tertiary/aromatic N) is 3. The quantitative estimate of drug-likeness (QED) is 0.683. The van der Waals surface area contributed by atoms with E-state index in [-0.39, 0.29) is 6.61 Å². The van der Waals surface area contributed by atoms with Gasteiger partial charge in [-0.15, -0.1) is 0 Å². The molecule has 0 amide bonds. The van der Waals surface area contributed by atoms with Crippen LogP contribution in [-0.4, -0.2) is 46.0 Å². The Bertz CT molecular complexity index is 347. The second-order valence-corrected chi connectivity index (χ2v) is 4.00. The first kappa shape index (κ1) is 10.4. The Kier molecular flexibility index (Phi) is 2.93. The molecule has 2 rings (SSSR count). The number of nitrogen functional groups attached to an aromatic ring is 1. The maximum absolute atomic E-state index is 8.89. The number of aromatic nitrogens is 2. The van der Waals surface area contributed by atoms with Gasteiger partial charge in [0.25, 0.3) is 0 Å². The van der Waals surface area contributed by atoms with Crippen molar-refractivity contribution in [1.82, 2.24) is 14.7 Å². The van der Waals surface area contributed by atoms with Crippen molar-refractivity contribution in [2.75, 3.05) is 32.0 Å². The molecule has 2 heterocycles. The number of rotatable bonds is 2. The first-order valence-electron chi connectivity index (χ1n) is 5.36. The van der Waals surface area contributed by atoms with Crippen LogP contribution >= 0.6 is 0 Å². The molecule has 5 heteroatoms. The summed E-state index contributed by atoms with van der Waals surface area (Å²) in [5.74, 6) is 0.788. The molecule has 0 unspecified atom stereocenters. The van der Waals surface area contributed by atoms with Gasteiger partial charge in [0.05, 0.1) is 12.3 Å². The largest absolute Gasteiger partial charge is 0.395 e. The van der Waals surface area contributed by atoms with Gasteiger partial charge < -0.3 is 15.7 Å². The Morgan fingerprint density at radius 3 is 2.87 bits per heavy atom. The average Bonchev–Trinajstić information content (AvgIpc) is 2.40. The van der Waals surface area contributed by atoms with Crippen LogP contribution in [0.15, 0.2) is 0 Å². The van der Waals surface area contributed by atoms with Crippen LogP contribution in [0.1, 0.15) is 11.3 Å². The van der Waals surface area contributed by atoms with Crippen LogP contribution < -0.4 is 5.73 Å². The molecule has 1 aliphatic rings. The zero-order valence-corrected chi connectivity index (χ0v) is 9.11. The van der Waals surface area contributed by atoms with Crippen LogP contribution in [0.3, 0.4) is 0 Å². The maximum atomic E-state index is 8.89. The minimum absolute atomic E-state index is 0.223. The summed E-state index contributed by atoms with van der Waals surface area (Å²) >= 11 is 0. The number of aryl methyl sites for hydroxylation is 1. The summed E-state index contributed by atoms with van der Waals surface area (Å²) in [4.78, 5) is 2.25. The molecule has 3 N–H and O–H groups in total. The number of nitrogens with two attached hydrogens (primary N) is 1. The third kappa shape index (κ3) is 1.98. The van der Waals surface area contributed by atoms with Crippen molar-refractivity contribution in [2.24, 2.45) is 7.05 Å². The zero-order valence-electron chi connectivity index (χ0n) is 9.11. The zero-order chi connectivity index (χ0) is 10.8. The highest BCUT2D eigenvalue weighted by molar-refractivity contribution is 5.44. The SMILES string of the molecule is Cn1nc2c(c1N)CCN(CCO)CC2. The third-order valence-electron chi connectivity index (χ3n) is 3.04. The molecule has 0 radical (unpaired) electrons. The molecule has 0 spiro atoms. The molecule has 84 valence electrons. The number of aliphatic hydroxyl groups excluding tert-OH is 1. The standard InChI is InChI=1S/C10H18N4O/c1-13-10(11)8-2-4-14(6-7-15)5-3-9(8)12-13/h15H,2-7,11H2,1H3. The maximum Gasteiger partial charge on any atom is 0.124 e. The fourth-order valence-electron chi connectivity index (χ4n) is 2.12. The summed E-state index contributed by atoms with van der Waals surface area (Å²) in [6.45, 7) is 2.89. The molecule has 1 aliphatic heterocycles. The molecule has 1 aromatic rings. The summed E-state index contributed by atoms with van der Waals surface area (Å²) in [6, 6.07) is 0. The lowest BCUT2D eigenvalue weighted by molar-refractivity contribution is 0.201. The normalized spacial score (nSPS) is 17.5. The van der Waals surface area contributed by atoms with Gasteiger partial charge in [-0.2, -0.15) is 5.10 Å². The number of anilines is 1. The van der Waals surface area contributed by atoms with Gasteiger partial charge in [-0.25, -0.2) is 0 Å². The lowest BCUT2D eigenvalue weighted by Crippen LogP contribution is -2.29. The van der Waals surface area contributed by atoms with Gasteiger partial charge in [0.1, 0.15) is 5.82 Å². The number of β-amino-alcohol motifs (C(OH)–C–C–N with tert-alkyl or cyclic N) is 1. The Morgan fingerprint density at radius 2 is 2.13 bits per heavy atom. The molecule has 0 atom stereocenters. The summed E-state index contributed by atoms with van der Waals surface area (Å²) in [5.41, 5.74) is 8.26. The van der Waals surface area contributed by atoms with Crippen LogP contribution in [0.25, 0.3) is 0 Å². The Hall–Kier alpha value is -1.07. The van der Waals surface area contributed by atoms with E-state index in [1.54, 1.807) is 4.68 Å². The van der Waals surface area contributed by atoms with Gasteiger partial charge in [0.2, 0.25) is 0 Å². The predicted molar refractivity (Wildman–Crippen MR) is 58.6 cm³/mol. The summed E-state index contributed by atoms with van der Waals surface area (Å²) in [6.07, 6.45) is 1.87. The number of aliphatic hydroxyl groups is 1. The van der Waals surface area contributed by atoms with E-state index in [9.17, 15) is 0 Å². The Labute approximate surface area is 89.5 Å². The molecule has 1 aromatic heterocycles. The minimum Gasteiger partial charge on any atom is -0.395 e. The van der Waals surface area contributed by atoms with Crippen molar-refractivity contribution < 1.29 is 5.11 Å². The van der Waals surface area contributed by atoms with Gasteiger partial charge in [-0.3, -0.25) is 4.68 Å². The summed E-state index contributed by atoms with van der Waals surface area (Å²) in [5, 5.41) is 13.3. The smallest absolute Gasteiger partial charge is 0.124 e. The fraction of sp³-hybridized carbons (Fsp3) is 0.700. The van der Waals surface area contributed by atoms with E-state index < -0.39 is 0 Å². The van der Waals surface area contributed by atoms with Gasteiger partial charge in [-0.1, -0.05) is 0 Å². The average molecular weight is 210 g/mol. The number of fused-ring (bicyclic) bond motifs is 1. The van der Waals surface area contributed by atoms with E-state index in [0.717, 1.165) is 44.0 Å². The van der Waals surface area contributed by atoms with Gasteiger partial charge in [0, 0.05) is 38.7 Å². The molecule has 0 aromatic carbocycles. The van der Waals surface area contributed by atoms with Crippen molar-refractivity contribution in [3.63, 3.8) is 0 Å². The molecule has 0 aliphatic carbocycles. The Morgan fingerprint density at radius 1 is 1.40 bits per heavy atom. The summed E-state index contributed by atoms with van der Waals surface area (Å²) in [7, 11) is 1.88. The van der Waals surface area contributed by atoms with Gasteiger partial charge in [0.15, 0.2) is 0 Å². The van der Waals surface area contributed by atoms with E-state index in [2.05, 4.69) is 10.00 Å². The highest BCUT2D eigenvalue weighted by Gasteiger charge is 2.19. The Balaban J connectivity index is 2.13. The van der Waals surface area contributed by atoms with Crippen molar-refractivity contribution >= 4 is 5.82 Å². The van der Waals surface area contributed by atoms with E-state index >= 15 is 0 Å². The lowest BCUT2D eigenvalue weighted by Gasteiger charge is -2.17. The molecule has 0 fully saturated rings. The van der Waals surface area contributed by atoms with Crippen LogP contribution in [0.4, 0.5) is 5.82 Å². The molecular formula is C10H18N4O. The monoisotopic (exact) mass is 210 g/mol. The highest BCUT2D eigenvalue weighted by Crippen LogP contribution is 2.20. The first-order chi connectivity index (χ1) is 7.22. The van der Waals surface area contributed by atoms with E-state index in [0.29, 0.717) is 0 Å². The first-order valence-corrected chi connectivity index (χ1v) is 5.36. The van der Waals surface area contributed by atoms with Crippen LogP contribution in [0.2, 0.25) is 0 Å². The highest BCUT2D eigenvalue weighted by atomic mass is 16.3. The van der Waals surface area contributed by atoms with Crippen LogP contribution in [0, 0.1) is 0 Å². The fourth-order valence-corrected chi connectivity index (χ4v) is 2.12. The predicted octanol–water partition coefficient (Wildman–Crippen LogP) is -0.605. The second-order valence-electron chi connectivity index (χ2n) is 4.00. The minimum atomic E-state index is 0.223. The number of hydrogen-bond acceptors (Lipinski definition) is 4. The van der Waals surface area contributed by atoms with Gasteiger partial charge >= 0.3 is 0 Å². The van der Waals surface area contributed by atoms with Crippen molar-refractivity contribution in [2.45, 2.75) is 12.8 Å². The molecular weight excluding hydrogens is 192 g/mol. The van der Waals surface area contributed by atoms with Crippen molar-refractivity contribution in [3.05, 3.63) is 11.3 Å². The molecule has 15 heavy (non-hydrogen) atoms. The van der Waals surface area contributed by atoms with E-state index in [1.807, 2.05) is 7.05 Å². The van der Waals surface area contributed by atoms with Gasteiger partial charge in [-0.05, 0) is 6.42 Å².